The van der Waals surface area contributed by atoms with Crippen LogP contribution in [0.3, 0.4) is 0 Å². The molecule has 0 unspecified atom stereocenters. The van der Waals surface area contributed by atoms with Gasteiger partial charge in [0.1, 0.15) is 36.4 Å². The van der Waals surface area contributed by atoms with Gasteiger partial charge < -0.3 is 52.2 Å². The summed E-state index contributed by atoms with van der Waals surface area (Å²) < 4.78 is 11.7. The smallest absolute Gasteiger partial charge is 0.280 e. The van der Waals surface area contributed by atoms with Gasteiger partial charge in [-0.05, 0) is 55.5 Å². The normalized spacial score (nSPS) is 14.2. The number of nitrogens with two attached hydrogens (primary N) is 3. The fourth-order valence-corrected chi connectivity index (χ4v) is 4.86. The highest BCUT2D eigenvalue weighted by Gasteiger charge is 2.31. The highest BCUT2D eigenvalue weighted by Crippen LogP contribution is 2.18. The average molecular weight is 719 g/mol. The topological polar surface area (TPSA) is 268 Å². The number of hydrogen-bond acceptors (Lipinski definition) is 14. The van der Waals surface area contributed by atoms with E-state index in [0.29, 0.717) is 44.8 Å². The largest absolute Gasteiger partial charge is 0.494 e. The van der Waals surface area contributed by atoms with Gasteiger partial charge in [-0.1, -0.05) is 41.9 Å². The molecule has 2 aromatic carbocycles. The monoisotopic (exact) mass is 718 g/mol. The number of hydrogen-bond donors (Lipinski definition) is 9. The molecule has 3 aromatic rings. The average Bonchev–Trinajstić information content (AvgIpc) is 3.11. The highest BCUT2D eigenvalue weighted by molar-refractivity contribution is 6.31. The number of aryl methyl sites for hydroxylation is 1. The Hall–Kier alpha value is -4.29. The molecule has 0 radical (unpaired) electrons. The Bertz CT molecular complexity index is 1490. The molecule has 16 nitrogen and oxygen atoms in total. The van der Waals surface area contributed by atoms with E-state index in [0.717, 1.165) is 24.2 Å². The Labute approximate surface area is 295 Å². The predicted octanol–water partition coefficient (Wildman–Crippen LogP) is -0.0524. The summed E-state index contributed by atoms with van der Waals surface area (Å²) in [4.78, 5) is 26.0. The molecule has 274 valence electrons. The zero-order valence-electron chi connectivity index (χ0n) is 27.6. The van der Waals surface area contributed by atoms with Crippen LogP contribution in [0.15, 0.2) is 59.6 Å². The third-order valence-corrected chi connectivity index (χ3v) is 7.80. The van der Waals surface area contributed by atoms with Crippen molar-refractivity contribution in [2.45, 2.75) is 50.1 Å². The van der Waals surface area contributed by atoms with Crippen molar-refractivity contribution in [3.63, 3.8) is 0 Å². The number of guanidine groups is 1. The number of aromatic nitrogens is 2. The molecule has 1 heterocycles. The maximum absolute atomic E-state index is 12.3. The fraction of sp³-hybridized carbons (Fsp3) is 0.455. The maximum atomic E-state index is 12.3. The van der Waals surface area contributed by atoms with Gasteiger partial charge in [0, 0.05) is 26.2 Å². The number of aliphatic hydroxyl groups excluding tert-OH is 5. The van der Waals surface area contributed by atoms with E-state index >= 15 is 0 Å². The van der Waals surface area contributed by atoms with E-state index in [1.807, 2.05) is 59.5 Å². The van der Waals surface area contributed by atoms with E-state index in [2.05, 4.69) is 20.3 Å². The first-order valence-electron chi connectivity index (χ1n) is 16.1. The first-order chi connectivity index (χ1) is 24.0. The number of aliphatic imine (C=N–C) groups is 1. The molecule has 0 fully saturated rings. The number of halogens is 1. The number of amides is 1. The van der Waals surface area contributed by atoms with Crippen molar-refractivity contribution >= 4 is 35.1 Å². The second-order valence-corrected chi connectivity index (χ2v) is 11.8. The van der Waals surface area contributed by atoms with Gasteiger partial charge in [0.25, 0.3) is 5.91 Å². The Morgan fingerprint density at radius 1 is 0.860 bits per heavy atom. The number of nitrogens with zero attached hydrogens (tertiary/aromatic N) is 4. The lowest BCUT2D eigenvalue weighted by atomic mass is 10.0. The Balaban J connectivity index is 1.41. The van der Waals surface area contributed by atoms with Gasteiger partial charge in [-0.25, -0.2) is 9.97 Å². The van der Waals surface area contributed by atoms with Crippen LogP contribution in [-0.2, 0) is 6.42 Å². The van der Waals surface area contributed by atoms with Gasteiger partial charge in [0.2, 0.25) is 0 Å². The molecule has 0 aliphatic rings. The number of aliphatic hydroxyl groups is 5. The summed E-state index contributed by atoms with van der Waals surface area (Å²) >= 11 is 5.81. The number of carbonyl (C=O) groups is 1. The van der Waals surface area contributed by atoms with Crippen LogP contribution < -0.4 is 32.0 Å². The summed E-state index contributed by atoms with van der Waals surface area (Å²) in [6.45, 7) is 1.23. The molecule has 12 N–H and O–H groups in total. The van der Waals surface area contributed by atoms with Crippen LogP contribution in [-0.4, -0.2) is 123 Å². The number of nitrogens with one attached hydrogen (secondary N) is 1. The van der Waals surface area contributed by atoms with Crippen LogP contribution in [0, 0.1) is 0 Å². The molecule has 4 atom stereocenters. The van der Waals surface area contributed by atoms with E-state index < -0.39 is 36.9 Å². The Kier molecular flexibility index (Phi) is 16.9. The third kappa shape index (κ3) is 13.5. The summed E-state index contributed by atoms with van der Waals surface area (Å²) in [5, 5.41) is 51.9. The van der Waals surface area contributed by atoms with E-state index in [4.69, 9.17) is 43.4 Å². The van der Waals surface area contributed by atoms with Gasteiger partial charge in [-0.2, -0.15) is 0 Å². The Morgan fingerprint density at radius 2 is 1.52 bits per heavy atom. The zero-order chi connectivity index (χ0) is 36.5. The second-order valence-electron chi connectivity index (χ2n) is 11.4. The summed E-state index contributed by atoms with van der Waals surface area (Å²) in [6.07, 6.45) is -3.39. The van der Waals surface area contributed by atoms with Gasteiger partial charge in [0.15, 0.2) is 28.4 Å². The lowest BCUT2D eigenvalue weighted by molar-refractivity contribution is -0.119. The van der Waals surface area contributed by atoms with Gasteiger partial charge in [-0.3, -0.25) is 20.0 Å². The summed E-state index contributed by atoms with van der Waals surface area (Å²) in [5.74, 6) is 0.342. The standard InChI is InChI=1S/C33H47ClN8O8/c34-29-31(36)40-30(35)26(39-29)32(48)41-33(37)38-14-5-4-7-21-10-12-23(13-11-21)50-18-16-42(15-6-17-49-22-8-2-1-3-9-22)19-24(44)27(46)28(47)25(45)20-43/h1-3,8-13,24-25,27-28,43-47H,4-7,14-20H2,(H4,35,36,40)(H3,37,38,41,48)/t24-,25+,27+,28+/m0/s1. The van der Waals surface area contributed by atoms with Crippen molar-refractivity contribution in [3.05, 3.63) is 71.0 Å². The van der Waals surface area contributed by atoms with Crippen LogP contribution in [0.1, 0.15) is 35.3 Å². The zero-order valence-corrected chi connectivity index (χ0v) is 28.4. The van der Waals surface area contributed by atoms with E-state index in [-0.39, 0.29) is 41.6 Å². The first kappa shape index (κ1) is 40.1. The van der Waals surface area contributed by atoms with Crippen molar-refractivity contribution in [1.82, 2.24) is 20.2 Å². The molecule has 50 heavy (non-hydrogen) atoms. The van der Waals surface area contributed by atoms with Crippen molar-refractivity contribution in [2.75, 3.05) is 57.5 Å². The lowest BCUT2D eigenvalue weighted by Gasteiger charge is -2.30. The molecule has 1 aromatic heterocycles. The molecule has 0 saturated heterocycles. The second kappa shape index (κ2) is 21.0. The van der Waals surface area contributed by atoms with Crippen LogP contribution in [0.4, 0.5) is 11.6 Å². The Morgan fingerprint density at radius 3 is 2.22 bits per heavy atom. The molecular weight excluding hydrogens is 672 g/mol. The molecule has 17 heteroatoms. The van der Waals surface area contributed by atoms with Crippen LogP contribution in [0.5, 0.6) is 11.5 Å². The number of nitrogen functional groups attached to an aromatic ring is 2. The predicted molar refractivity (Wildman–Crippen MR) is 189 cm³/mol. The molecule has 0 spiro atoms. The molecular formula is C33H47ClN8O8. The highest BCUT2D eigenvalue weighted by atomic mass is 35.5. The molecule has 1 amide bonds. The molecule has 0 aliphatic carbocycles. The third-order valence-electron chi connectivity index (χ3n) is 7.52. The quantitative estimate of drug-likeness (QED) is 0.0397. The number of rotatable bonds is 21. The fourth-order valence-electron chi connectivity index (χ4n) is 4.73. The van der Waals surface area contributed by atoms with E-state index in [1.54, 1.807) is 0 Å². The van der Waals surface area contributed by atoms with Crippen molar-refractivity contribution in [1.29, 1.82) is 0 Å². The SMILES string of the molecule is NC(=NCCCCc1ccc(OCCN(CCCOc2ccccc2)C[C@H](O)[C@@H](O)[C@H](O)[C@H](O)CO)cc1)NC(=O)c1nc(Cl)c(N)nc1N. The molecule has 0 saturated carbocycles. The number of benzene rings is 2. The van der Waals surface area contributed by atoms with E-state index in [9.17, 15) is 25.2 Å². The maximum Gasteiger partial charge on any atom is 0.280 e. The number of anilines is 2. The summed E-state index contributed by atoms with van der Waals surface area (Å²) in [7, 11) is 0. The molecule has 0 aliphatic heterocycles. The van der Waals surface area contributed by atoms with E-state index in [1.165, 1.54) is 0 Å². The molecule has 3 rings (SSSR count). The van der Waals surface area contributed by atoms with Crippen molar-refractivity contribution in [2.24, 2.45) is 10.7 Å². The van der Waals surface area contributed by atoms with Crippen molar-refractivity contribution < 1.29 is 39.8 Å². The summed E-state index contributed by atoms with van der Waals surface area (Å²) in [6, 6.07) is 17.0. The number of para-hydroxylation sites is 1. The van der Waals surface area contributed by atoms with Crippen molar-refractivity contribution in [3.8, 4) is 11.5 Å². The van der Waals surface area contributed by atoms with Gasteiger partial charge in [-0.15, -0.1) is 0 Å². The number of unbranched alkanes of at least 4 members (excludes halogenated alkanes) is 1. The van der Waals surface area contributed by atoms with Gasteiger partial charge in [0.05, 0.1) is 19.3 Å². The first-order valence-corrected chi connectivity index (χ1v) is 16.5. The van der Waals surface area contributed by atoms with Crippen LogP contribution >= 0.6 is 11.6 Å². The number of ether oxygens (including phenoxy) is 2. The number of carbonyl (C=O) groups excluding carboxylic acids is 1. The molecule has 0 bridgehead atoms. The minimum Gasteiger partial charge on any atom is -0.494 e. The minimum absolute atomic E-state index is 0.00710. The van der Waals surface area contributed by atoms with Gasteiger partial charge >= 0.3 is 0 Å². The van der Waals surface area contributed by atoms with Crippen LogP contribution in [0.25, 0.3) is 0 Å². The summed E-state index contributed by atoms with van der Waals surface area (Å²) in [5.41, 5.74) is 17.9. The van der Waals surface area contributed by atoms with Crippen LogP contribution in [0.2, 0.25) is 5.15 Å². The lowest BCUT2D eigenvalue weighted by Crippen LogP contribution is -2.50. The minimum atomic E-state index is -1.70.